The number of esters is 1. The summed E-state index contributed by atoms with van der Waals surface area (Å²) in [4.78, 5) is 55.7. The van der Waals surface area contributed by atoms with Crippen LogP contribution in [0.1, 0.15) is 60.4 Å². The predicted molar refractivity (Wildman–Crippen MR) is 170 cm³/mol. The molecule has 1 heterocycles. The molecule has 0 bridgehead atoms. The Labute approximate surface area is 267 Å². The van der Waals surface area contributed by atoms with Gasteiger partial charge in [-0.1, -0.05) is 72.8 Å². The number of imidazole rings is 1. The number of fused-ring (bicyclic) bond motifs is 3. The number of benzene rings is 3. The van der Waals surface area contributed by atoms with Gasteiger partial charge in [-0.3, -0.25) is 4.79 Å². The maximum Gasteiger partial charge on any atom is 0.419 e. The Hall–Kier alpha value is -5.51. The molecule has 1 atom stereocenters. The smallest absolute Gasteiger partial charge is 0.419 e. The van der Waals surface area contributed by atoms with Gasteiger partial charge in [0.25, 0.3) is 0 Å². The highest BCUT2D eigenvalue weighted by molar-refractivity contribution is 6.04. The van der Waals surface area contributed by atoms with Crippen LogP contribution in [0.25, 0.3) is 11.1 Å². The van der Waals surface area contributed by atoms with Gasteiger partial charge >= 0.3 is 18.2 Å². The van der Waals surface area contributed by atoms with Crippen molar-refractivity contribution in [3.05, 3.63) is 125 Å². The number of nitrogens with zero attached hydrogens (tertiary/aromatic N) is 2. The van der Waals surface area contributed by atoms with Crippen molar-refractivity contribution in [1.82, 2.24) is 14.9 Å². The van der Waals surface area contributed by atoms with Gasteiger partial charge in [0.05, 0.1) is 5.69 Å². The van der Waals surface area contributed by atoms with Crippen molar-refractivity contribution in [2.24, 2.45) is 0 Å². The van der Waals surface area contributed by atoms with Crippen LogP contribution in [0.5, 0.6) is 0 Å². The molecular weight excluding hydrogens is 586 g/mol. The van der Waals surface area contributed by atoms with Crippen molar-refractivity contribution in [2.75, 3.05) is 0 Å². The molecule has 0 aliphatic heterocycles. The second-order valence-electron chi connectivity index (χ2n) is 11.9. The zero-order valence-electron chi connectivity index (χ0n) is 26.1. The molecule has 1 N–H and O–H groups in total. The van der Waals surface area contributed by atoms with Crippen molar-refractivity contribution in [3.63, 3.8) is 0 Å². The first kappa shape index (κ1) is 31.9. The van der Waals surface area contributed by atoms with Gasteiger partial charge < -0.3 is 19.5 Å². The molecule has 0 fully saturated rings. The largest absolute Gasteiger partial charge is 0.445 e. The number of carbonyl (C=O) groups excluding carboxylic acids is 4. The zero-order valence-corrected chi connectivity index (χ0v) is 26.1. The van der Waals surface area contributed by atoms with E-state index in [9.17, 15) is 19.2 Å². The molecular formula is C36H35N3O7. The van der Waals surface area contributed by atoms with Gasteiger partial charge in [-0.25, -0.2) is 23.9 Å². The van der Waals surface area contributed by atoms with E-state index in [1.807, 2.05) is 30.3 Å². The molecule has 0 unspecified atom stereocenters. The van der Waals surface area contributed by atoms with Crippen molar-refractivity contribution in [1.29, 1.82) is 0 Å². The van der Waals surface area contributed by atoms with E-state index in [-0.39, 0.29) is 24.6 Å². The average molecular weight is 622 g/mol. The second-order valence-corrected chi connectivity index (χ2v) is 11.9. The summed E-state index contributed by atoms with van der Waals surface area (Å²) in [6.45, 7) is 6.68. The van der Waals surface area contributed by atoms with Gasteiger partial charge in [-0.2, -0.15) is 0 Å². The number of hydrogen-bond donors (Lipinski definition) is 1. The summed E-state index contributed by atoms with van der Waals surface area (Å²) in [6, 6.07) is 21.3. The number of ketones is 1. The Bertz CT molecular complexity index is 1800. The van der Waals surface area contributed by atoms with Gasteiger partial charge in [0.2, 0.25) is 0 Å². The molecule has 0 saturated carbocycles. The van der Waals surface area contributed by atoms with E-state index in [1.165, 1.54) is 31.1 Å². The first-order valence-corrected chi connectivity index (χ1v) is 14.8. The van der Waals surface area contributed by atoms with E-state index in [1.54, 1.807) is 51.1 Å². The number of aromatic nitrogens is 2. The predicted octanol–water partition coefficient (Wildman–Crippen LogP) is 6.40. The molecule has 3 aromatic carbocycles. The van der Waals surface area contributed by atoms with Gasteiger partial charge in [-0.05, 0) is 61.9 Å². The lowest BCUT2D eigenvalue weighted by Crippen LogP contribution is -2.43. The summed E-state index contributed by atoms with van der Waals surface area (Å²) in [5.74, 6) is -1.14. The normalized spacial score (nSPS) is 12.8. The summed E-state index contributed by atoms with van der Waals surface area (Å²) in [6.07, 6.45) is 3.00. The number of amides is 1. The Morgan fingerprint density at radius 3 is 2.43 bits per heavy atom. The Morgan fingerprint density at radius 1 is 0.957 bits per heavy atom. The van der Waals surface area contributed by atoms with Gasteiger partial charge in [0.1, 0.15) is 30.3 Å². The maximum atomic E-state index is 13.3. The summed E-state index contributed by atoms with van der Waals surface area (Å²) in [7, 11) is 0. The third-order valence-corrected chi connectivity index (χ3v) is 7.19. The first-order chi connectivity index (χ1) is 22.0. The molecule has 10 nitrogen and oxygen atoms in total. The van der Waals surface area contributed by atoms with Crippen LogP contribution in [-0.2, 0) is 38.5 Å². The van der Waals surface area contributed by atoms with Crippen molar-refractivity contribution in [3.8, 4) is 11.1 Å². The molecule has 236 valence electrons. The van der Waals surface area contributed by atoms with E-state index < -0.39 is 29.8 Å². The van der Waals surface area contributed by atoms with E-state index in [2.05, 4.69) is 22.4 Å². The van der Waals surface area contributed by atoms with E-state index in [0.717, 1.165) is 33.2 Å². The third kappa shape index (κ3) is 7.95. The highest BCUT2D eigenvalue weighted by Gasteiger charge is 2.27. The number of hydrogen-bond acceptors (Lipinski definition) is 8. The Morgan fingerprint density at radius 2 is 1.67 bits per heavy atom. The molecule has 1 aromatic heterocycles. The minimum Gasteiger partial charge on any atom is -0.445 e. The molecule has 10 heteroatoms. The molecule has 1 amide bonds. The van der Waals surface area contributed by atoms with Crippen molar-refractivity contribution < 1.29 is 33.4 Å². The molecule has 4 aromatic rings. The fraction of sp³-hybridized carbons (Fsp3) is 0.250. The Balaban J connectivity index is 1.29. The molecule has 1 aliphatic carbocycles. The lowest BCUT2D eigenvalue weighted by Gasteiger charge is -2.19. The van der Waals surface area contributed by atoms with Crippen LogP contribution >= 0.6 is 0 Å². The van der Waals surface area contributed by atoms with Gasteiger partial charge in [0.15, 0.2) is 5.78 Å². The van der Waals surface area contributed by atoms with E-state index >= 15 is 0 Å². The first-order valence-electron chi connectivity index (χ1n) is 14.8. The highest BCUT2D eigenvalue weighted by atomic mass is 16.6. The van der Waals surface area contributed by atoms with Crippen molar-refractivity contribution >= 4 is 23.9 Å². The van der Waals surface area contributed by atoms with E-state index in [0.29, 0.717) is 11.3 Å². The summed E-state index contributed by atoms with van der Waals surface area (Å²) in [5.41, 5.74) is 5.44. The molecule has 0 radical (unpaired) electrons. The third-order valence-electron chi connectivity index (χ3n) is 7.19. The van der Waals surface area contributed by atoms with Crippen LogP contribution < -0.4 is 5.32 Å². The summed E-state index contributed by atoms with van der Waals surface area (Å²) < 4.78 is 17.6. The van der Waals surface area contributed by atoms with Crippen LogP contribution in [0.15, 0.2) is 97.2 Å². The standard InChI is InChI=1S/C36H35N3O7/c1-23(17-32(40)24-11-6-5-7-12-24)45-33(41)31(19-27-20-39(22-37-27)35(43)46-36(2,3)4)38-34(42)44-21-26-14-10-16-29-28-15-9-8-13-25(28)18-30(26)29/h5-17,20,22,31H,18-19,21H2,1-4H3,(H,38,42)/t31-/m0/s1. The maximum absolute atomic E-state index is 13.3. The minimum absolute atomic E-state index is 0.0114. The monoisotopic (exact) mass is 621 g/mol. The molecule has 0 saturated heterocycles. The summed E-state index contributed by atoms with van der Waals surface area (Å²) >= 11 is 0. The van der Waals surface area contributed by atoms with Gasteiger partial charge in [-0.15, -0.1) is 0 Å². The number of rotatable bonds is 9. The fourth-order valence-electron chi connectivity index (χ4n) is 5.10. The van der Waals surface area contributed by atoms with Crippen LogP contribution in [-0.4, -0.2) is 45.1 Å². The van der Waals surface area contributed by atoms with Gasteiger partial charge in [0, 0.05) is 24.3 Å². The number of ether oxygens (including phenoxy) is 3. The lowest BCUT2D eigenvalue weighted by molar-refractivity contribution is -0.141. The molecule has 46 heavy (non-hydrogen) atoms. The SMILES string of the molecule is CC(=CC(=O)c1ccccc1)OC(=O)[C@H](Cc1cn(C(=O)OC(C)(C)C)cn1)NC(=O)OCc1cccc2c1Cc1ccccc1-2. The number of nitrogens with one attached hydrogen (secondary N) is 1. The van der Waals surface area contributed by atoms with Crippen LogP contribution in [0.4, 0.5) is 9.59 Å². The highest BCUT2D eigenvalue weighted by Crippen LogP contribution is 2.38. The Kier molecular flexibility index (Phi) is 9.46. The van der Waals surface area contributed by atoms with Crippen LogP contribution in [0, 0.1) is 0 Å². The van der Waals surface area contributed by atoms with Crippen molar-refractivity contribution in [2.45, 2.75) is 58.8 Å². The molecule has 5 rings (SSSR count). The second kappa shape index (κ2) is 13.6. The fourth-order valence-corrected chi connectivity index (χ4v) is 5.10. The molecule has 0 spiro atoms. The number of carbonyl (C=O) groups is 4. The average Bonchev–Trinajstić information content (AvgIpc) is 3.64. The van der Waals surface area contributed by atoms with Crippen LogP contribution in [0.2, 0.25) is 0 Å². The lowest BCUT2D eigenvalue weighted by atomic mass is 10.0. The minimum atomic E-state index is -1.25. The topological polar surface area (TPSA) is 126 Å². The zero-order chi connectivity index (χ0) is 32.8. The summed E-state index contributed by atoms with van der Waals surface area (Å²) in [5, 5.41) is 2.57. The van der Waals surface area contributed by atoms with Crippen LogP contribution in [0.3, 0.4) is 0 Å². The van der Waals surface area contributed by atoms with E-state index in [4.69, 9.17) is 14.2 Å². The molecule has 1 aliphatic rings. The number of alkyl carbamates (subject to hydrolysis) is 1. The number of allylic oxidation sites excluding steroid dienone is 2. The quantitative estimate of drug-likeness (QED) is 0.0659.